The van der Waals surface area contributed by atoms with Crippen LogP contribution < -0.4 is 0 Å². The Balaban J connectivity index is 0. The van der Waals surface area contributed by atoms with Crippen molar-refractivity contribution in [2.75, 3.05) is 0 Å². The molecule has 0 radical (unpaired) electrons. The van der Waals surface area contributed by atoms with Crippen molar-refractivity contribution in [2.24, 2.45) is 5.41 Å². The van der Waals surface area contributed by atoms with Crippen LogP contribution in [0.25, 0.3) is 0 Å². The first-order chi connectivity index (χ1) is 9.01. The summed E-state index contributed by atoms with van der Waals surface area (Å²) in [5.41, 5.74) is -1.57. The van der Waals surface area contributed by atoms with Crippen molar-refractivity contribution in [1.82, 2.24) is 0 Å². The molecule has 0 aromatic carbocycles. The molecule has 0 fully saturated rings. The molecule has 0 aromatic heterocycles. The topological polar surface area (TPSA) is 74.6 Å². The van der Waals surface area contributed by atoms with Crippen molar-refractivity contribution in [1.29, 1.82) is 0 Å². The fourth-order valence-corrected chi connectivity index (χ4v) is 2.35. The van der Waals surface area contributed by atoms with Crippen LogP contribution in [0.5, 0.6) is 0 Å². The number of carboxylic acids is 2. The lowest BCUT2D eigenvalue weighted by Crippen LogP contribution is -2.39. The molecule has 0 aromatic rings. The molecule has 0 aliphatic heterocycles. The summed E-state index contributed by atoms with van der Waals surface area (Å²) in [5.74, 6) is -2.35. The van der Waals surface area contributed by atoms with Gasteiger partial charge in [-0.2, -0.15) is 0 Å². The average molecular weight is 299 g/mol. The molecule has 0 bridgehead atoms. The van der Waals surface area contributed by atoms with Crippen molar-refractivity contribution in [3.8, 4) is 0 Å². The number of rotatable bonds is 12. The van der Waals surface area contributed by atoms with E-state index in [2.05, 4.69) is 13.8 Å². The van der Waals surface area contributed by atoms with Crippen LogP contribution in [0.3, 0.4) is 0 Å². The van der Waals surface area contributed by atoms with Gasteiger partial charge in [0, 0.05) is 0 Å². The van der Waals surface area contributed by atoms with E-state index in [9.17, 15) is 19.8 Å². The van der Waals surface area contributed by atoms with Gasteiger partial charge in [-0.15, -0.1) is 0 Å². The van der Waals surface area contributed by atoms with Gasteiger partial charge in [-0.25, -0.2) is 0 Å². The van der Waals surface area contributed by atoms with Gasteiger partial charge in [0.2, 0.25) is 0 Å². The lowest BCUT2D eigenvalue weighted by Gasteiger charge is -2.24. The van der Waals surface area contributed by atoms with Crippen molar-refractivity contribution in [3.63, 3.8) is 0 Å². The third-order valence-electron chi connectivity index (χ3n) is 3.73. The van der Waals surface area contributed by atoms with E-state index in [1.807, 2.05) is 0 Å². The summed E-state index contributed by atoms with van der Waals surface area (Å²) in [5, 5.41) is 18.7. The van der Waals surface area contributed by atoms with Gasteiger partial charge >= 0.3 is 35.0 Å². The minimum Gasteiger partial charge on any atom is -0.480 e. The molecular formula is C15H30MgO4. The van der Waals surface area contributed by atoms with Crippen LogP contribution >= 0.6 is 0 Å². The lowest BCUT2D eigenvalue weighted by molar-refractivity contribution is -0.166. The Morgan fingerprint density at radius 3 is 1.35 bits per heavy atom. The van der Waals surface area contributed by atoms with E-state index >= 15 is 0 Å². The van der Waals surface area contributed by atoms with Crippen LogP contribution in [0.15, 0.2) is 0 Å². The second-order valence-corrected chi connectivity index (χ2v) is 5.31. The summed E-state index contributed by atoms with van der Waals surface area (Å²) in [6.07, 6.45) is 7.87. The summed E-state index contributed by atoms with van der Waals surface area (Å²) in [6.45, 7) is 4.15. The summed E-state index contributed by atoms with van der Waals surface area (Å²) in [7, 11) is 0. The minimum absolute atomic E-state index is 0. The predicted molar refractivity (Wildman–Crippen MR) is 83.8 cm³/mol. The smallest absolute Gasteiger partial charge is 0.321 e. The fourth-order valence-electron chi connectivity index (χ4n) is 2.35. The molecule has 0 spiro atoms. The first-order valence-corrected chi connectivity index (χ1v) is 7.48. The second-order valence-electron chi connectivity index (χ2n) is 5.31. The van der Waals surface area contributed by atoms with E-state index in [4.69, 9.17) is 0 Å². The molecule has 20 heavy (non-hydrogen) atoms. The summed E-state index contributed by atoms with van der Waals surface area (Å²) >= 11 is 0. The molecule has 0 aliphatic carbocycles. The van der Waals surface area contributed by atoms with Crippen LogP contribution in [0.4, 0.5) is 0 Å². The number of carboxylic acid groups (broad SMARTS) is 2. The molecule has 4 nitrogen and oxygen atoms in total. The average Bonchev–Trinajstić information content (AvgIpc) is 2.36. The number of unbranched alkanes of at least 4 members (excludes halogenated alkanes) is 6. The maximum Gasteiger partial charge on any atom is 0.321 e. The zero-order valence-corrected chi connectivity index (χ0v) is 12.3. The van der Waals surface area contributed by atoms with Crippen LogP contribution in [0.2, 0.25) is 0 Å². The van der Waals surface area contributed by atoms with Crippen LogP contribution in [0, 0.1) is 5.41 Å². The standard InChI is InChI=1S/C15H28O4.Mg.2H/c1-3-5-7-9-11-15(13(16)17,14(18)19)12-10-8-6-4-2;;;/h3-12H2,1-2H3,(H,16,17)(H,18,19);;;. The van der Waals surface area contributed by atoms with E-state index in [1.165, 1.54) is 0 Å². The Morgan fingerprint density at radius 2 is 1.10 bits per heavy atom. The van der Waals surface area contributed by atoms with Crippen molar-refractivity contribution in [3.05, 3.63) is 0 Å². The van der Waals surface area contributed by atoms with E-state index in [1.54, 1.807) is 0 Å². The molecule has 0 rings (SSSR count). The van der Waals surface area contributed by atoms with Crippen molar-refractivity contribution < 1.29 is 19.8 Å². The van der Waals surface area contributed by atoms with Gasteiger partial charge in [0.05, 0.1) is 0 Å². The molecule has 2 N–H and O–H groups in total. The minimum atomic E-state index is -1.57. The van der Waals surface area contributed by atoms with Crippen LogP contribution in [-0.4, -0.2) is 45.2 Å². The first-order valence-electron chi connectivity index (χ1n) is 7.48. The Kier molecular flexibility index (Phi) is 13.7. The maximum atomic E-state index is 11.4. The maximum absolute atomic E-state index is 11.4. The Labute approximate surface area is 138 Å². The van der Waals surface area contributed by atoms with Gasteiger partial charge in [0.1, 0.15) is 0 Å². The zero-order valence-electron chi connectivity index (χ0n) is 12.3. The summed E-state index contributed by atoms with van der Waals surface area (Å²) in [6, 6.07) is 0. The normalized spacial score (nSPS) is 10.9. The molecule has 0 aliphatic rings. The van der Waals surface area contributed by atoms with Gasteiger partial charge in [-0.3, -0.25) is 9.59 Å². The van der Waals surface area contributed by atoms with Crippen molar-refractivity contribution >= 4 is 35.0 Å². The Bertz CT molecular complexity index is 251. The highest BCUT2D eigenvalue weighted by atomic mass is 24.3. The molecule has 0 atom stereocenters. The molecule has 116 valence electrons. The van der Waals surface area contributed by atoms with E-state index in [0.29, 0.717) is 12.8 Å². The van der Waals surface area contributed by atoms with E-state index in [-0.39, 0.29) is 35.9 Å². The molecular weight excluding hydrogens is 268 g/mol. The molecule has 0 saturated carbocycles. The van der Waals surface area contributed by atoms with Gasteiger partial charge in [0.25, 0.3) is 0 Å². The molecule has 5 heteroatoms. The van der Waals surface area contributed by atoms with Crippen LogP contribution in [-0.2, 0) is 9.59 Å². The quantitative estimate of drug-likeness (QED) is 0.330. The zero-order chi connectivity index (χ0) is 14.7. The largest absolute Gasteiger partial charge is 0.480 e. The molecule has 0 saturated heterocycles. The first kappa shape index (κ1) is 22.0. The van der Waals surface area contributed by atoms with Gasteiger partial charge in [-0.1, -0.05) is 65.2 Å². The van der Waals surface area contributed by atoms with E-state index in [0.717, 1.165) is 38.5 Å². The molecule has 0 unspecified atom stereocenters. The highest BCUT2D eigenvalue weighted by Crippen LogP contribution is 2.32. The lowest BCUT2D eigenvalue weighted by atomic mass is 9.78. The van der Waals surface area contributed by atoms with Crippen molar-refractivity contribution in [2.45, 2.75) is 78.1 Å². The third-order valence-corrected chi connectivity index (χ3v) is 3.73. The van der Waals surface area contributed by atoms with E-state index < -0.39 is 17.4 Å². The molecule has 0 amide bonds. The number of hydrogen-bond acceptors (Lipinski definition) is 2. The summed E-state index contributed by atoms with van der Waals surface area (Å²) < 4.78 is 0. The number of aliphatic carboxylic acids is 2. The molecule has 0 heterocycles. The Morgan fingerprint density at radius 1 is 0.750 bits per heavy atom. The highest BCUT2D eigenvalue weighted by Gasteiger charge is 2.45. The predicted octanol–water partition coefficient (Wildman–Crippen LogP) is 3.17. The Hall–Kier alpha value is -0.294. The third kappa shape index (κ3) is 7.48. The second kappa shape index (κ2) is 12.4. The van der Waals surface area contributed by atoms with Crippen LogP contribution in [0.1, 0.15) is 78.1 Å². The summed E-state index contributed by atoms with van der Waals surface area (Å²) in [4.78, 5) is 22.8. The fraction of sp³-hybridized carbons (Fsp3) is 0.867. The monoisotopic (exact) mass is 298 g/mol. The number of carbonyl (C=O) groups is 2. The SMILES string of the molecule is CCCCCCC(CCCCCC)(C(=O)O)C(=O)O.[MgH2]. The highest BCUT2D eigenvalue weighted by molar-refractivity contribution is 5.98. The van der Waals surface area contributed by atoms with Gasteiger partial charge < -0.3 is 10.2 Å². The number of hydrogen-bond donors (Lipinski definition) is 2. The van der Waals surface area contributed by atoms with Gasteiger partial charge in [-0.05, 0) is 12.8 Å². The van der Waals surface area contributed by atoms with Gasteiger partial charge in [0.15, 0.2) is 5.41 Å².